The first-order valence-electron chi connectivity index (χ1n) is 8.95. The third-order valence-corrected chi connectivity index (χ3v) is 6.37. The van der Waals surface area contributed by atoms with E-state index < -0.39 is 0 Å². The van der Waals surface area contributed by atoms with Gasteiger partial charge in [-0.3, -0.25) is 9.78 Å². The maximum absolute atomic E-state index is 5.73. The maximum atomic E-state index is 5.73. The molecule has 1 saturated heterocycles. The normalized spacial score (nSPS) is 15.9. The van der Waals surface area contributed by atoms with Crippen molar-refractivity contribution < 1.29 is 4.74 Å². The van der Waals surface area contributed by atoms with Crippen LogP contribution in [0.1, 0.15) is 24.4 Å². The monoisotopic (exact) mass is 367 g/mol. The molecule has 0 spiro atoms. The predicted molar refractivity (Wildman–Crippen MR) is 105 cm³/mol. The van der Waals surface area contributed by atoms with Crippen molar-refractivity contribution in [2.45, 2.75) is 25.8 Å². The molecule has 0 saturated carbocycles. The molecule has 0 unspecified atom stereocenters. The number of aromatic amines is 1. The summed E-state index contributed by atoms with van der Waals surface area (Å²) in [6.45, 7) is 4.22. The molecule has 5 rings (SSSR count). The Kier molecular flexibility index (Phi) is 3.72. The van der Waals surface area contributed by atoms with Gasteiger partial charge in [0.25, 0.3) is 0 Å². The molecule has 134 valence electrons. The van der Waals surface area contributed by atoms with Gasteiger partial charge in [0.05, 0.1) is 24.9 Å². The molecule has 1 aliphatic rings. The van der Waals surface area contributed by atoms with Crippen LogP contribution in [0.3, 0.4) is 0 Å². The van der Waals surface area contributed by atoms with Crippen molar-refractivity contribution in [3.8, 4) is 16.2 Å². The predicted octanol–water partition coefficient (Wildman–Crippen LogP) is 3.88. The van der Waals surface area contributed by atoms with E-state index in [2.05, 4.69) is 45.4 Å². The lowest BCUT2D eigenvalue weighted by molar-refractivity contribution is 0.345. The SMILES string of the molecule is COc1c(-c2cc3cn(C4CCNCC4)nc3s2)cc2cn[nH]c2c1C. The molecule has 4 heterocycles. The fourth-order valence-corrected chi connectivity index (χ4v) is 4.94. The third kappa shape index (κ3) is 2.42. The minimum Gasteiger partial charge on any atom is -0.496 e. The molecule has 6 nitrogen and oxygen atoms in total. The number of H-pyrrole nitrogens is 1. The number of benzene rings is 1. The van der Waals surface area contributed by atoms with Crippen LogP contribution >= 0.6 is 11.3 Å². The molecule has 0 amide bonds. The topological polar surface area (TPSA) is 67.8 Å². The van der Waals surface area contributed by atoms with Gasteiger partial charge in [0.1, 0.15) is 10.6 Å². The number of hydrogen-bond acceptors (Lipinski definition) is 5. The lowest BCUT2D eigenvalue weighted by atomic mass is 10.0. The number of nitrogens with zero attached hydrogens (tertiary/aromatic N) is 3. The summed E-state index contributed by atoms with van der Waals surface area (Å²) in [6.07, 6.45) is 6.35. The van der Waals surface area contributed by atoms with E-state index in [1.165, 1.54) is 10.3 Å². The van der Waals surface area contributed by atoms with Crippen molar-refractivity contribution in [3.05, 3.63) is 30.1 Å². The Hall–Kier alpha value is -2.38. The number of hydrogen-bond donors (Lipinski definition) is 2. The molecule has 1 fully saturated rings. The zero-order valence-electron chi connectivity index (χ0n) is 14.9. The fourth-order valence-electron chi connectivity index (χ4n) is 3.92. The number of nitrogens with one attached hydrogen (secondary N) is 2. The molecule has 1 aliphatic heterocycles. The number of aromatic nitrogens is 4. The highest BCUT2D eigenvalue weighted by Gasteiger charge is 2.20. The van der Waals surface area contributed by atoms with Crippen LogP contribution in [0.2, 0.25) is 0 Å². The van der Waals surface area contributed by atoms with Crippen molar-refractivity contribution in [2.24, 2.45) is 0 Å². The quantitative estimate of drug-likeness (QED) is 0.577. The fraction of sp³-hybridized carbons (Fsp3) is 0.368. The average Bonchev–Trinajstić information content (AvgIpc) is 3.36. The van der Waals surface area contributed by atoms with Gasteiger partial charge in [-0.2, -0.15) is 10.2 Å². The number of aryl methyl sites for hydroxylation is 1. The first-order chi connectivity index (χ1) is 12.7. The Bertz CT molecular complexity index is 1050. The second-order valence-corrected chi connectivity index (χ2v) is 7.91. The minimum absolute atomic E-state index is 0.512. The summed E-state index contributed by atoms with van der Waals surface area (Å²) >= 11 is 1.73. The maximum Gasteiger partial charge on any atom is 0.146 e. The van der Waals surface area contributed by atoms with Gasteiger partial charge in [-0.1, -0.05) is 0 Å². The number of fused-ring (bicyclic) bond motifs is 2. The van der Waals surface area contributed by atoms with Crippen LogP contribution < -0.4 is 10.1 Å². The van der Waals surface area contributed by atoms with Gasteiger partial charge in [0.15, 0.2) is 0 Å². The van der Waals surface area contributed by atoms with Crippen LogP contribution in [0.5, 0.6) is 5.75 Å². The van der Waals surface area contributed by atoms with E-state index in [-0.39, 0.29) is 0 Å². The van der Waals surface area contributed by atoms with E-state index in [0.717, 1.165) is 58.5 Å². The lowest BCUT2D eigenvalue weighted by Crippen LogP contribution is -2.29. The standard InChI is InChI=1S/C19H21N5OS/c1-11-17-12(9-21-22-17)7-15(18(11)25-2)16-8-13-10-24(23-19(13)26-16)14-3-5-20-6-4-14/h7-10,14,20H,3-6H2,1-2H3,(H,21,22). The largest absolute Gasteiger partial charge is 0.496 e. The van der Waals surface area contributed by atoms with Crippen LogP contribution in [-0.2, 0) is 0 Å². The number of ether oxygens (including phenoxy) is 1. The van der Waals surface area contributed by atoms with Gasteiger partial charge in [-0.25, -0.2) is 0 Å². The van der Waals surface area contributed by atoms with Crippen molar-refractivity contribution in [2.75, 3.05) is 20.2 Å². The molecular formula is C19H21N5OS. The molecule has 0 atom stereocenters. The molecular weight excluding hydrogens is 346 g/mol. The number of methoxy groups -OCH3 is 1. The number of rotatable bonds is 3. The molecule has 26 heavy (non-hydrogen) atoms. The highest BCUT2D eigenvalue weighted by molar-refractivity contribution is 7.21. The summed E-state index contributed by atoms with van der Waals surface area (Å²) in [5, 5.41) is 17.8. The molecule has 4 aromatic rings. The highest BCUT2D eigenvalue weighted by Crippen LogP contribution is 2.42. The van der Waals surface area contributed by atoms with E-state index in [9.17, 15) is 0 Å². The Balaban J connectivity index is 1.59. The summed E-state index contributed by atoms with van der Waals surface area (Å²) in [4.78, 5) is 2.27. The summed E-state index contributed by atoms with van der Waals surface area (Å²) < 4.78 is 7.89. The van der Waals surface area contributed by atoms with E-state index >= 15 is 0 Å². The van der Waals surface area contributed by atoms with E-state index in [1.807, 2.05) is 6.20 Å². The van der Waals surface area contributed by atoms with Gasteiger partial charge in [0.2, 0.25) is 0 Å². The number of piperidine rings is 1. The third-order valence-electron chi connectivity index (χ3n) is 5.30. The molecule has 3 aromatic heterocycles. The van der Waals surface area contributed by atoms with Gasteiger partial charge in [-0.05, 0) is 45.0 Å². The van der Waals surface area contributed by atoms with Crippen LogP contribution in [0, 0.1) is 6.92 Å². The van der Waals surface area contributed by atoms with Crippen LogP contribution in [-0.4, -0.2) is 40.2 Å². The molecule has 0 radical (unpaired) electrons. The second-order valence-electron chi connectivity index (χ2n) is 6.88. The molecule has 1 aromatic carbocycles. The van der Waals surface area contributed by atoms with Crippen molar-refractivity contribution in [1.29, 1.82) is 0 Å². The lowest BCUT2D eigenvalue weighted by Gasteiger charge is -2.22. The number of thiophene rings is 1. The first-order valence-corrected chi connectivity index (χ1v) is 9.76. The zero-order chi connectivity index (χ0) is 17.7. The molecule has 0 aliphatic carbocycles. The van der Waals surface area contributed by atoms with Crippen LogP contribution in [0.25, 0.3) is 31.6 Å². The van der Waals surface area contributed by atoms with Crippen LogP contribution in [0.15, 0.2) is 24.5 Å². The van der Waals surface area contributed by atoms with Crippen molar-refractivity contribution >= 4 is 32.5 Å². The van der Waals surface area contributed by atoms with E-state index in [0.29, 0.717) is 6.04 Å². The van der Waals surface area contributed by atoms with E-state index in [1.54, 1.807) is 18.4 Å². The van der Waals surface area contributed by atoms with Crippen molar-refractivity contribution in [3.63, 3.8) is 0 Å². The molecule has 2 N–H and O–H groups in total. The zero-order valence-corrected chi connectivity index (χ0v) is 15.7. The van der Waals surface area contributed by atoms with Gasteiger partial charge in [0, 0.05) is 33.0 Å². The summed E-state index contributed by atoms with van der Waals surface area (Å²) in [5.74, 6) is 0.900. The first kappa shape index (κ1) is 15.8. The van der Waals surface area contributed by atoms with Gasteiger partial charge >= 0.3 is 0 Å². The molecule has 7 heteroatoms. The van der Waals surface area contributed by atoms with Gasteiger partial charge in [-0.15, -0.1) is 11.3 Å². The summed E-state index contributed by atoms with van der Waals surface area (Å²) in [7, 11) is 1.73. The van der Waals surface area contributed by atoms with E-state index in [4.69, 9.17) is 9.84 Å². The summed E-state index contributed by atoms with van der Waals surface area (Å²) in [5.41, 5.74) is 3.22. The van der Waals surface area contributed by atoms with Gasteiger partial charge < -0.3 is 10.1 Å². The Morgan fingerprint density at radius 1 is 1.23 bits per heavy atom. The average molecular weight is 367 g/mol. The highest BCUT2D eigenvalue weighted by atomic mass is 32.1. The second kappa shape index (κ2) is 6.10. The molecule has 0 bridgehead atoms. The minimum atomic E-state index is 0.512. The van der Waals surface area contributed by atoms with Crippen LogP contribution in [0.4, 0.5) is 0 Å². The Morgan fingerprint density at radius 2 is 2.08 bits per heavy atom. The van der Waals surface area contributed by atoms with Crippen molar-refractivity contribution in [1.82, 2.24) is 25.3 Å². The Morgan fingerprint density at radius 3 is 2.85 bits per heavy atom. The smallest absolute Gasteiger partial charge is 0.146 e. The Labute approximate surface area is 155 Å². The summed E-state index contributed by atoms with van der Waals surface area (Å²) in [6, 6.07) is 4.89.